The van der Waals surface area contributed by atoms with Crippen molar-refractivity contribution in [3.8, 4) is 5.75 Å². The number of piperidine rings is 1. The van der Waals surface area contributed by atoms with Gasteiger partial charge in [0.15, 0.2) is 5.60 Å². The van der Waals surface area contributed by atoms with Crippen LogP contribution in [0.2, 0.25) is 0 Å². The molecule has 9 heteroatoms. The van der Waals surface area contributed by atoms with Gasteiger partial charge >= 0.3 is 6.09 Å². The van der Waals surface area contributed by atoms with Crippen LogP contribution in [0.15, 0.2) is 42.5 Å². The molecule has 234 valence electrons. The Morgan fingerprint density at radius 2 is 1.84 bits per heavy atom. The molecule has 4 rings (SSSR count). The van der Waals surface area contributed by atoms with E-state index < -0.39 is 11.2 Å². The molecule has 0 unspecified atom stereocenters. The maximum atomic E-state index is 14.3. The molecule has 2 heterocycles. The lowest BCUT2D eigenvalue weighted by atomic mass is 9.97. The second-order valence-electron chi connectivity index (χ2n) is 13.3. The Morgan fingerprint density at radius 3 is 2.49 bits per heavy atom. The summed E-state index contributed by atoms with van der Waals surface area (Å²) in [5.74, 6) is 0.238. The Balaban J connectivity index is 1.57. The third kappa shape index (κ3) is 7.68. The number of anilines is 1. The largest absolute Gasteiger partial charge is 0.476 e. The van der Waals surface area contributed by atoms with Crippen LogP contribution in [0.1, 0.15) is 82.8 Å². The van der Waals surface area contributed by atoms with Gasteiger partial charge in [0.25, 0.3) is 11.8 Å². The van der Waals surface area contributed by atoms with Crippen molar-refractivity contribution in [2.24, 2.45) is 0 Å². The molecule has 1 atom stereocenters. The highest BCUT2D eigenvalue weighted by molar-refractivity contribution is 6.05. The van der Waals surface area contributed by atoms with Crippen LogP contribution in [0.4, 0.5) is 10.5 Å². The highest BCUT2D eigenvalue weighted by atomic mass is 16.6. The van der Waals surface area contributed by atoms with Gasteiger partial charge in [-0.3, -0.25) is 9.59 Å². The number of hydrogen-bond acceptors (Lipinski definition) is 6. The number of likely N-dealkylation sites (tertiary alicyclic amines) is 1. The van der Waals surface area contributed by atoms with Crippen LogP contribution in [-0.2, 0) is 20.9 Å². The Labute approximate surface area is 256 Å². The standard InChI is InChI=1S/C34H47N3O6/c1-23(2)37(26-15-12-16-35(21-26)32(40)43-33(4,5)6)30(38)27-20-28-29(19-24(27)3)42-34(7,8)31(39)36(28)17-18-41-22-25-13-10-9-11-14-25/h9-11,13-14,19-20,23,26H,12,15-18,21-22H2,1-8H3/t26-/m1/s1. The number of ether oxygens (including phenoxy) is 3. The molecule has 9 nitrogen and oxygen atoms in total. The van der Waals surface area contributed by atoms with Crippen molar-refractivity contribution >= 4 is 23.6 Å². The molecule has 0 radical (unpaired) electrons. The van der Waals surface area contributed by atoms with Crippen LogP contribution in [0, 0.1) is 6.92 Å². The minimum Gasteiger partial charge on any atom is -0.476 e. The summed E-state index contributed by atoms with van der Waals surface area (Å²) >= 11 is 0. The number of carbonyl (C=O) groups is 3. The van der Waals surface area contributed by atoms with Crippen molar-refractivity contribution < 1.29 is 28.6 Å². The fraction of sp³-hybridized carbons (Fsp3) is 0.559. The van der Waals surface area contributed by atoms with Crippen LogP contribution in [0.3, 0.4) is 0 Å². The molecular weight excluding hydrogens is 546 g/mol. The molecule has 43 heavy (non-hydrogen) atoms. The van der Waals surface area contributed by atoms with Crippen LogP contribution in [0.25, 0.3) is 0 Å². The summed E-state index contributed by atoms with van der Waals surface area (Å²) in [6.07, 6.45) is 1.20. The second kappa shape index (κ2) is 13.0. The first-order valence-corrected chi connectivity index (χ1v) is 15.3. The summed E-state index contributed by atoms with van der Waals surface area (Å²) in [4.78, 5) is 45.9. The molecule has 0 spiro atoms. The fourth-order valence-corrected chi connectivity index (χ4v) is 5.72. The monoisotopic (exact) mass is 593 g/mol. The van der Waals surface area contributed by atoms with Gasteiger partial charge in [-0.2, -0.15) is 0 Å². The SMILES string of the molecule is Cc1cc2c(cc1C(=O)N(C(C)C)[C@@H]1CCCN(C(=O)OC(C)(C)C)C1)N(CCOCc1ccccc1)C(=O)C(C)(C)O2. The Hall–Kier alpha value is -3.59. The maximum absolute atomic E-state index is 14.3. The minimum atomic E-state index is -1.05. The highest BCUT2D eigenvalue weighted by Gasteiger charge is 2.42. The number of fused-ring (bicyclic) bond motifs is 1. The number of rotatable bonds is 8. The lowest BCUT2D eigenvalue weighted by molar-refractivity contribution is -0.132. The molecular formula is C34H47N3O6. The van der Waals surface area contributed by atoms with Gasteiger partial charge in [-0.25, -0.2) is 4.79 Å². The van der Waals surface area contributed by atoms with Crippen molar-refractivity contribution in [1.29, 1.82) is 0 Å². The van der Waals surface area contributed by atoms with E-state index in [1.54, 1.807) is 29.7 Å². The van der Waals surface area contributed by atoms with Crippen molar-refractivity contribution in [2.75, 3.05) is 31.1 Å². The molecule has 2 aliphatic rings. The summed E-state index contributed by atoms with van der Waals surface area (Å²) in [6, 6.07) is 13.2. The Bertz CT molecular complexity index is 1320. The van der Waals surface area contributed by atoms with Gasteiger partial charge in [-0.1, -0.05) is 30.3 Å². The van der Waals surface area contributed by atoms with E-state index in [9.17, 15) is 14.4 Å². The Morgan fingerprint density at radius 1 is 1.14 bits per heavy atom. The van der Waals surface area contributed by atoms with E-state index in [1.165, 1.54) is 0 Å². The van der Waals surface area contributed by atoms with Gasteiger partial charge in [-0.05, 0) is 91.5 Å². The molecule has 1 saturated heterocycles. The first kappa shape index (κ1) is 32.3. The van der Waals surface area contributed by atoms with E-state index in [1.807, 2.05) is 82.8 Å². The normalized spacial score (nSPS) is 18.3. The number of aryl methyl sites for hydroxylation is 1. The zero-order valence-electron chi connectivity index (χ0n) is 26.9. The van der Waals surface area contributed by atoms with Crippen LogP contribution in [-0.4, -0.2) is 77.2 Å². The predicted octanol–water partition coefficient (Wildman–Crippen LogP) is 5.97. The fourth-order valence-electron chi connectivity index (χ4n) is 5.72. The molecule has 0 saturated carbocycles. The summed E-state index contributed by atoms with van der Waals surface area (Å²) in [5, 5.41) is 0. The molecule has 1 fully saturated rings. The number of nitrogens with zero attached hydrogens (tertiary/aromatic N) is 3. The van der Waals surface area contributed by atoms with Crippen LogP contribution >= 0.6 is 0 Å². The van der Waals surface area contributed by atoms with E-state index in [4.69, 9.17) is 14.2 Å². The zero-order chi connectivity index (χ0) is 31.5. The van der Waals surface area contributed by atoms with Gasteiger partial charge in [0.05, 0.1) is 24.9 Å². The van der Waals surface area contributed by atoms with Crippen molar-refractivity contribution in [2.45, 2.75) is 98.1 Å². The van der Waals surface area contributed by atoms with Crippen molar-refractivity contribution in [1.82, 2.24) is 9.80 Å². The smallest absolute Gasteiger partial charge is 0.410 e. The maximum Gasteiger partial charge on any atom is 0.410 e. The highest BCUT2D eigenvalue weighted by Crippen LogP contribution is 2.40. The molecule has 2 aliphatic heterocycles. The molecule has 2 aromatic rings. The Kier molecular flexibility index (Phi) is 9.74. The summed E-state index contributed by atoms with van der Waals surface area (Å²) in [7, 11) is 0. The number of benzene rings is 2. The van der Waals surface area contributed by atoms with Crippen molar-refractivity contribution in [3.05, 3.63) is 59.2 Å². The second-order valence-corrected chi connectivity index (χ2v) is 13.3. The number of carbonyl (C=O) groups excluding carboxylic acids is 3. The molecule has 3 amide bonds. The van der Waals surface area contributed by atoms with E-state index in [2.05, 4.69) is 0 Å². The molecule has 0 N–H and O–H groups in total. The molecule has 2 aromatic carbocycles. The topological polar surface area (TPSA) is 88.6 Å². The average Bonchev–Trinajstić information content (AvgIpc) is 2.92. The minimum absolute atomic E-state index is 0.106. The third-order valence-corrected chi connectivity index (χ3v) is 7.76. The summed E-state index contributed by atoms with van der Waals surface area (Å²) < 4.78 is 17.7. The first-order valence-electron chi connectivity index (χ1n) is 15.3. The van der Waals surface area contributed by atoms with E-state index in [0.29, 0.717) is 49.8 Å². The van der Waals surface area contributed by atoms with Gasteiger partial charge in [0, 0.05) is 31.2 Å². The molecule has 0 bridgehead atoms. The van der Waals surface area contributed by atoms with Gasteiger partial charge in [0.1, 0.15) is 11.4 Å². The predicted molar refractivity (Wildman–Crippen MR) is 166 cm³/mol. The first-order chi connectivity index (χ1) is 20.2. The van der Waals surface area contributed by atoms with E-state index in [-0.39, 0.29) is 30.0 Å². The summed E-state index contributed by atoms with van der Waals surface area (Å²) in [5.41, 5.74) is 1.24. The lowest BCUT2D eigenvalue weighted by Gasteiger charge is -2.42. The van der Waals surface area contributed by atoms with Crippen LogP contribution < -0.4 is 9.64 Å². The van der Waals surface area contributed by atoms with Gasteiger partial charge in [0.2, 0.25) is 0 Å². The third-order valence-electron chi connectivity index (χ3n) is 7.76. The van der Waals surface area contributed by atoms with Gasteiger partial charge < -0.3 is 28.9 Å². The van der Waals surface area contributed by atoms with Crippen LogP contribution in [0.5, 0.6) is 5.75 Å². The van der Waals surface area contributed by atoms with E-state index >= 15 is 0 Å². The molecule has 0 aliphatic carbocycles. The van der Waals surface area contributed by atoms with Gasteiger partial charge in [-0.15, -0.1) is 0 Å². The van der Waals surface area contributed by atoms with E-state index in [0.717, 1.165) is 24.0 Å². The number of hydrogen-bond donors (Lipinski definition) is 0. The summed E-state index contributed by atoms with van der Waals surface area (Å²) in [6.45, 7) is 17.0. The quantitative estimate of drug-likeness (QED) is 0.351. The average molecular weight is 594 g/mol. The molecule has 0 aromatic heterocycles. The van der Waals surface area contributed by atoms with Crippen molar-refractivity contribution in [3.63, 3.8) is 0 Å². The lowest BCUT2D eigenvalue weighted by Crippen LogP contribution is -2.55. The number of amides is 3. The zero-order valence-corrected chi connectivity index (χ0v) is 26.9.